The van der Waals surface area contributed by atoms with E-state index in [1.165, 1.54) is 64.0 Å². The molecule has 0 fully saturated rings. The van der Waals surface area contributed by atoms with Crippen LogP contribution in [-0.4, -0.2) is 0 Å². The summed E-state index contributed by atoms with van der Waals surface area (Å²) in [7, 11) is 0. The van der Waals surface area contributed by atoms with Crippen LogP contribution in [0.5, 0.6) is 0 Å². The van der Waals surface area contributed by atoms with Crippen LogP contribution in [0.25, 0.3) is 85.9 Å². The number of para-hydroxylation sites is 1. The zero-order valence-electron chi connectivity index (χ0n) is 28.7. The van der Waals surface area contributed by atoms with Crippen molar-refractivity contribution in [2.75, 3.05) is 4.90 Å². The Balaban J connectivity index is 1.05. The highest BCUT2D eigenvalue weighted by Crippen LogP contribution is 2.45. The SMILES string of the molecule is c1ccc2c(-c3ccc(N(c4ccc(-c5ccc6sc7ccc8ccccc8c7c6c5)cc4)c4cccc5oc6ccccc6c45)cc3)cccc2c1. The van der Waals surface area contributed by atoms with E-state index in [4.69, 9.17) is 4.42 Å². The van der Waals surface area contributed by atoms with Crippen molar-refractivity contribution in [3.63, 3.8) is 0 Å². The number of rotatable bonds is 5. The van der Waals surface area contributed by atoms with Crippen molar-refractivity contribution in [3.05, 3.63) is 188 Å². The van der Waals surface area contributed by atoms with Crippen LogP contribution in [0.4, 0.5) is 17.1 Å². The van der Waals surface area contributed by atoms with E-state index < -0.39 is 0 Å². The Bertz CT molecular complexity index is 3160. The second kappa shape index (κ2) is 11.9. The molecule has 0 atom stereocenters. The zero-order valence-corrected chi connectivity index (χ0v) is 29.5. The van der Waals surface area contributed by atoms with E-state index in [-0.39, 0.29) is 0 Å². The van der Waals surface area contributed by atoms with E-state index in [9.17, 15) is 0 Å². The molecule has 0 aliphatic heterocycles. The van der Waals surface area contributed by atoms with Crippen LogP contribution < -0.4 is 4.90 Å². The molecule has 0 bridgehead atoms. The number of thiophene rings is 1. The van der Waals surface area contributed by atoms with Crippen molar-refractivity contribution < 1.29 is 4.42 Å². The first-order valence-corrected chi connectivity index (χ1v) is 18.8. The predicted molar refractivity (Wildman–Crippen MR) is 227 cm³/mol. The fourth-order valence-electron chi connectivity index (χ4n) is 8.17. The van der Waals surface area contributed by atoms with Gasteiger partial charge in [0.1, 0.15) is 11.2 Å². The Morgan fingerprint density at radius 3 is 1.79 bits per heavy atom. The highest BCUT2D eigenvalue weighted by molar-refractivity contribution is 7.26. The van der Waals surface area contributed by atoms with Gasteiger partial charge in [-0.3, -0.25) is 0 Å². The van der Waals surface area contributed by atoms with Gasteiger partial charge in [-0.25, -0.2) is 0 Å². The van der Waals surface area contributed by atoms with Gasteiger partial charge in [0.05, 0.1) is 11.1 Å². The quantitative estimate of drug-likeness (QED) is 0.178. The lowest BCUT2D eigenvalue weighted by atomic mass is 9.98. The van der Waals surface area contributed by atoms with Gasteiger partial charge >= 0.3 is 0 Å². The Morgan fingerprint density at radius 1 is 0.377 bits per heavy atom. The molecule has 11 rings (SSSR count). The minimum Gasteiger partial charge on any atom is -0.456 e. The molecule has 2 aromatic heterocycles. The van der Waals surface area contributed by atoms with Crippen molar-refractivity contribution in [2.24, 2.45) is 0 Å². The number of hydrogen-bond acceptors (Lipinski definition) is 3. The molecule has 0 radical (unpaired) electrons. The largest absolute Gasteiger partial charge is 0.456 e. The second-order valence-corrected chi connectivity index (χ2v) is 14.8. The molecule has 0 saturated heterocycles. The minimum absolute atomic E-state index is 0.876. The van der Waals surface area contributed by atoms with Crippen LogP contribution in [0.2, 0.25) is 0 Å². The molecule has 0 spiro atoms. The maximum atomic E-state index is 6.37. The molecule has 2 heterocycles. The van der Waals surface area contributed by atoms with E-state index in [1.807, 2.05) is 23.5 Å². The molecule has 248 valence electrons. The van der Waals surface area contributed by atoms with Gasteiger partial charge < -0.3 is 9.32 Å². The van der Waals surface area contributed by atoms with Gasteiger partial charge in [0.15, 0.2) is 0 Å². The smallest absolute Gasteiger partial charge is 0.137 e. The average Bonchev–Trinajstić information content (AvgIpc) is 3.80. The summed E-state index contributed by atoms with van der Waals surface area (Å²) in [5.74, 6) is 0. The first-order valence-electron chi connectivity index (χ1n) is 18.0. The summed E-state index contributed by atoms with van der Waals surface area (Å²) in [6.45, 7) is 0. The Morgan fingerprint density at radius 2 is 0.981 bits per heavy atom. The van der Waals surface area contributed by atoms with E-state index in [0.29, 0.717) is 0 Å². The number of anilines is 3. The molecule has 0 amide bonds. The number of nitrogens with zero attached hydrogens (tertiary/aromatic N) is 1. The van der Waals surface area contributed by atoms with Crippen LogP contribution >= 0.6 is 11.3 Å². The summed E-state index contributed by atoms with van der Waals surface area (Å²) in [5.41, 5.74) is 9.83. The first-order chi connectivity index (χ1) is 26.3. The zero-order chi connectivity index (χ0) is 34.9. The van der Waals surface area contributed by atoms with Gasteiger partial charge in [-0.15, -0.1) is 11.3 Å². The normalized spacial score (nSPS) is 11.8. The van der Waals surface area contributed by atoms with Crippen LogP contribution in [0, 0.1) is 0 Å². The molecular weight excluding hydrogens is 663 g/mol. The van der Waals surface area contributed by atoms with Crippen molar-refractivity contribution in [2.45, 2.75) is 0 Å². The molecule has 9 aromatic carbocycles. The Hall–Kier alpha value is -6.68. The Kier molecular flexibility index (Phi) is 6.76. The molecule has 3 heteroatoms. The lowest BCUT2D eigenvalue weighted by Gasteiger charge is -2.26. The number of furan rings is 1. The number of hydrogen-bond donors (Lipinski definition) is 0. The summed E-state index contributed by atoms with van der Waals surface area (Å²) >= 11 is 1.87. The van der Waals surface area contributed by atoms with Gasteiger partial charge in [0, 0.05) is 36.9 Å². The van der Waals surface area contributed by atoms with Gasteiger partial charge in [0.2, 0.25) is 0 Å². The molecule has 2 nitrogen and oxygen atoms in total. The lowest BCUT2D eigenvalue weighted by Crippen LogP contribution is -2.10. The highest BCUT2D eigenvalue weighted by Gasteiger charge is 2.20. The molecule has 0 N–H and O–H groups in total. The van der Waals surface area contributed by atoms with Crippen LogP contribution in [0.3, 0.4) is 0 Å². The van der Waals surface area contributed by atoms with E-state index in [0.717, 1.165) is 39.0 Å². The third-order valence-corrected chi connectivity index (χ3v) is 11.8. The van der Waals surface area contributed by atoms with Crippen molar-refractivity contribution in [3.8, 4) is 22.3 Å². The summed E-state index contributed by atoms with van der Waals surface area (Å²) in [5, 5.41) is 9.96. The van der Waals surface area contributed by atoms with Gasteiger partial charge in [-0.05, 0) is 104 Å². The van der Waals surface area contributed by atoms with Crippen LogP contribution in [0.15, 0.2) is 192 Å². The molecular formula is C50H31NOS. The molecule has 0 saturated carbocycles. The molecule has 0 aliphatic rings. The average molecular weight is 694 g/mol. The third kappa shape index (κ3) is 4.86. The van der Waals surface area contributed by atoms with Crippen molar-refractivity contribution in [1.82, 2.24) is 0 Å². The predicted octanol–water partition coefficient (Wildman–Crippen LogP) is 15.1. The van der Waals surface area contributed by atoms with E-state index in [1.54, 1.807) is 0 Å². The number of benzene rings is 9. The van der Waals surface area contributed by atoms with Crippen LogP contribution in [0.1, 0.15) is 0 Å². The Labute approximate surface area is 310 Å². The van der Waals surface area contributed by atoms with Crippen LogP contribution in [-0.2, 0) is 0 Å². The topological polar surface area (TPSA) is 16.4 Å². The fourth-order valence-corrected chi connectivity index (χ4v) is 9.27. The van der Waals surface area contributed by atoms with Gasteiger partial charge in [0.25, 0.3) is 0 Å². The molecule has 0 unspecified atom stereocenters. The summed E-state index contributed by atoms with van der Waals surface area (Å²) in [6, 6.07) is 68.0. The van der Waals surface area contributed by atoms with Crippen molar-refractivity contribution >= 4 is 92.1 Å². The van der Waals surface area contributed by atoms with Gasteiger partial charge in [-0.1, -0.05) is 127 Å². The highest BCUT2D eigenvalue weighted by atomic mass is 32.1. The molecule has 53 heavy (non-hydrogen) atoms. The maximum absolute atomic E-state index is 6.37. The van der Waals surface area contributed by atoms with Crippen molar-refractivity contribution in [1.29, 1.82) is 0 Å². The second-order valence-electron chi connectivity index (χ2n) is 13.7. The fraction of sp³-hybridized carbons (Fsp3) is 0. The maximum Gasteiger partial charge on any atom is 0.137 e. The molecule has 11 aromatic rings. The van der Waals surface area contributed by atoms with E-state index in [2.05, 4.69) is 181 Å². The number of fused-ring (bicyclic) bond motifs is 9. The lowest BCUT2D eigenvalue weighted by molar-refractivity contribution is 0.669. The minimum atomic E-state index is 0.876. The van der Waals surface area contributed by atoms with Gasteiger partial charge in [-0.2, -0.15) is 0 Å². The summed E-state index contributed by atoms with van der Waals surface area (Å²) in [6.07, 6.45) is 0. The molecule has 0 aliphatic carbocycles. The van der Waals surface area contributed by atoms with E-state index >= 15 is 0 Å². The third-order valence-electron chi connectivity index (χ3n) is 10.7. The summed E-state index contributed by atoms with van der Waals surface area (Å²) < 4.78 is 9.01. The first kappa shape index (κ1) is 30.0. The standard InChI is InChI=1S/C50H31NOS/c1-3-12-39-33(9-1)11-7-15-40(39)35-21-27-38(28-22-35)51(44-16-8-18-46-50(44)42-14-5-6-17-45(42)52-46)37-25-19-32(20-26-37)36-24-29-47-43(31-36)49-41-13-4-2-10-34(41)23-30-48(49)53-47/h1-31H. The monoisotopic (exact) mass is 693 g/mol. The summed E-state index contributed by atoms with van der Waals surface area (Å²) in [4.78, 5) is 2.36.